The standard InChI is InChI=1S/C33H50F2N6O6/c1-20-19-41(16-15-39(20)6)30(43)27(37-31(44)40(7)46-8)21(2)24-13-14-26(25(35)17-24)36-29(42)28(38-32(45)47-33(3,4)5)23-11-9-22(18-34)10-12-23/h13-14,17-18,20-21,23,27-28H,9-12,15-16,19H2,1-8H3,(H,36,42)(H,37,44)(H,38,45)/t20-,21+,23?,27-,28+/m1/s1. The third-order valence-electron chi connectivity index (χ3n) is 8.91. The lowest BCUT2D eigenvalue weighted by atomic mass is 9.81. The van der Waals surface area contributed by atoms with Gasteiger partial charge in [0.05, 0.1) is 19.1 Å². The van der Waals surface area contributed by atoms with Crippen LogP contribution in [0.2, 0.25) is 0 Å². The number of nitrogens with zero attached hydrogens (tertiary/aromatic N) is 3. The number of hydrogen-bond acceptors (Lipinski definition) is 7. The van der Waals surface area contributed by atoms with Crippen LogP contribution in [0.25, 0.3) is 0 Å². The van der Waals surface area contributed by atoms with E-state index in [1.807, 2.05) is 14.0 Å². The Morgan fingerprint density at radius 1 is 1.11 bits per heavy atom. The second-order valence-corrected chi connectivity index (χ2v) is 13.5. The molecule has 3 N–H and O–H groups in total. The van der Waals surface area contributed by atoms with Crippen LogP contribution in [0.5, 0.6) is 0 Å². The summed E-state index contributed by atoms with van der Waals surface area (Å²) in [4.78, 5) is 61.5. The summed E-state index contributed by atoms with van der Waals surface area (Å²) in [7, 11) is 4.71. The van der Waals surface area contributed by atoms with Crippen LogP contribution in [-0.4, -0.2) is 103 Å². The van der Waals surface area contributed by atoms with Crippen molar-refractivity contribution in [2.75, 3.05) is 46.2 Å². The molecule has 1 aliphatic carbocycles. The second-order valence-electron chi connectivity index (χ2n) is 13.5. The molecule has 14 heteroatoms. The number of amides is 5. The van der Waals surface area contributed by atoms with Crippen molar-refractivity contribution in [2.45, 2.75) is 89.9 Å². The summed E-state index contributed by atoms with van der Waals surface area (Å²) in [6.07, 6.45) is 1.56. The molecule has 0 unspecified atom stereocenters. The average molecular weight is 665 g/mol. The number of carbonyl (C=O) groups excluding carboxylic acids is 4. The molecule has 4 atom stereocenters. The van der Waals surface area contributed by atoms with E-state index in [1.54, 1.807) is 38.7 Å². The van der Waals surface area contributed by atoms with Gasteiger partial charge in [-0.2, -0.15) is 0 Å². The molecule has 5 amide bonds. The molecule has 1 aliphatic heterocycles. The molecular weight excluding hydrogens is 614 g/mol. The zero-order valence-electron chi connectivity index (χ0n) is 28.7. The molecule has 1 aromatic carbocycles. The number of hydroxylamine groups is 2. The lowest BCUT2D eigenvalue weighted by molar-refractivity contribution is -0.136. The van der Waals surface area contributed by atoms with Gasteiger partial charge in [0.15, 0.2) is 0 Å². The minimum Gasteiger partial charge on any atom is -0.444 e. The molecule has 12 nitrogen and oxygen atoms in total. The van der Waals surface area contributed by atoms with Gasteiger partial charge in [0.1, 0.15) is 23.5 Å². The molecule has 262 valence electrons. The maximum atomic E-state index is 15.6. The minimum absolute atomic E-state index is 0.116. The molecule has 0 aromatic heterocycles. The number of nitrogens with one attached hydrogen (secondary N) is 3. The highest BCUT2D eigenvalue weighted by Gasteiger charge is 2.36. The molecular formula is C33H50F2N6O6. The molecule has 1 saturated carbocycles. The normalized spacial score (nSPS) is 20.8. The summed E-state index contributed by atoms with van der Waals surface area (Å²) in [5.41, 5.74) is 0.127. The Morgan fingerprint density at radius 2 is 1.77 bits per heavy atom. The third kappa shape index (κ3) is 10.4. The Balaban J connectivity index is 1.83. The minimum atomic E-state index is -1.05. The highest BCUT2D eigenvalue weighted by molar-refractivity contribution is 5.97. The first-order valence-electron chi connectivity index (χ1n) is 16.0. The van der Waals surface area contributed by atoms with Gasteiger partial charge in [-0.05, 0) is 89.6 Å². The van der Waals surface area contributed by atoms with Crippen LogP contribution in [0.1, 0.15) is 71.8 Å². The number of likely N-dealkylation sites (N-methyl/N-ethyl adjacent to an activating group) is 1. The predicted octanol–water partition coefficient (Wildman–Crippen LogP) is 4.54. The number of urea groups is 1. The fraction of sp³-hybridized carbons (Fsp3) is 0.636. The number of carbonyl (C=O) groups is 4. The molecule has 1 aromatic rings. The van der Waals surface area contributed by atoms with E-state index in [1.165, 1.54) is 26.3 Å². The topological polar surface area (TPSA) is 133 Å². The van der Waals surface area contributed by atoms with Crippen molar-refractivity contribution in [1.29, 1.82) is 0 Å². The van der Waals surface area contributed by atoms with Gasteiger partial charge in [-0.15, -0.1) is 0 Å². The zero-order valence-corrected chi connectivity index (χ0v) is 28.7. The van der Waals surface area contributed by atoms with E-state index in [4.69, 9.17) is 9.57 Å². The Morgan fingerprint density at radius 3 is 2.32 bits per heavy atom. The number of allylic oxidation sites excluding steroid dienone is 1. The van der Waals surface area contributed by atoms with Gasteiger partial charge < -0.3 is 30.5 Å². The molecule has 0 radical (unpaired) electrons. The molecule has 0 spiro atoms. The van der Waals surface area contributed by atoms with Crippen LogP contribution in [0.4, 0.5) is 24.1 Å². The second kappa shape index (κ2) is 16.4. The largest absolute Gasteiger partial charge is 0.444 e. The van der Waals surface area contributed by atoms with Crippen molar-refractivity contribution in [3.63, 3.8) is 0 Å². The number of hydrogen-bond donors (Lipinski definition) is 3. The lowest BCUT2D eigenvalue weighted by Gasteiger charge is -2.40. The average Bonchev–Trinajstić information content (AvgIpc) is 3.02. The first-order chi connectivity index (χ1) is 22.0. The van der Waals surface area contributed by atoms with E-state index in [9.17, 15) is 23.6 Å². The monoisotopic (exact) mass is 664 g/mol. The number of piperazine rings is 1. The molecule has 47 heavy (non-hydrogen) atoms. The Kier molecular flexibility index (Phi) is 13.1. The third-order valence-corrected chi connectivity index (χ3v) is 8.91. The molecule has 2 aliphatic rings. The van der Waals surface area contributed by atoms with E-state index >= 15 is 4.39 Å². The summed E-state index contributed by atoms with van der Waals surface area (Å²) in [6.45, 7) is 10.4. The smallest absolute Gasteiger partial charge is 0.408 e. The number of alkyl carbamates (subject to hydrolysis) is 1. The van der Waals surface area contributed by atoms with Crippen LogP contribution < -0.4 is 16.0 Å². The van der Waals surface area contributed by atoms with Gasteiger partial charge in [-0.1, -0.05) is 13.0 Å². The predicted molar refractivity (Wildman–Crippen MR) is 174 cm³/mol. The van der Waals surface area contributed by atoms with Crippen LogP contribution in [-0.2, 0) is 19.2 Å². The highest BCUT2D eigenvalue weighted by atomic mass is 19.1. The highest BCUT2D eigenvalue weighted by Crippen LogP contribution is 2.32. The number of rotatable bonds is 9. The summed E-state index contributed by atoms with van der Waals surface area (Å²) >= 11 is 0. The van der Waals surface area contributed by atoms with Crippen molar-refractivity contribution in [3.05, 3.63) is 41.5 Å². The molecule has 0 bridgehead atoms. The van der Waals surface area contributed by atoms with Crippen molar-refractivity contribution in [2.24, 2.45) is 5.92 Å². The van der Waals surface area contributed by atoms with Crippen molar-refractivity contribution in [1.82, 2.24) is 25.5 Å². The molecule has 2 fully saturated rings. The summed E-state index contributed by atoms with van der Waals surface area (Å²) in [6, 6.07) is 1.58. The van der Waals surface area contributed by atoms with Gasteiger partial charge in [-0.25, -0.2) is 23.4 Å². The van der Waals surface area contributed by atoms with E-state index < -0.39 is 47.5 Å². The SMILES string of the molecule is CON(C)C(=O)N[C@@H](C(=O)N1CCN(C)[C@H](C)C1)[C@@H](C)c1ccc(NC(=O)[C@@H](NC(=O)OC(C)(C)C)C2CCC(=CF)CC2)c(F)c1. The maximum absolute atomic E-state index is 15.6. The van der Waals surface area contributed by atoms with Crippen LogP contribution >= 0.6 is 0 Å². The van der Waals surface area contributed by atoms with Crippen LogP contribution in [0.15, 0.2) is 30.1 Å². The fourth-order valence-corrected chi connectivity index (χ4v) is 5.76. The van der Waals surface area contributed by atoms with Gasteiger partial charge >= 0.3 is 12.1 Å². The Bertz CT molecular complexity index is 1310. The van der Waals surface area contributed by atoms with Crippen LogP contribution in [0, 0.1) is 11.7 Å². The van der Waals surface area contributed by atoms with E-state index in [2.05, 4.69) is 20.9 Å². The van der Waals surface area contributed by atoms with Gasteiger partial charge in [0.25, 0.3) is 0 Å². The van der Waals surface area contributed by atoms with Gasteiger partial charge in [-0.3, -0.25) is 14.4 Å². The summed E-state index contributed by atoms with van der Waals surface area (Å²) < 4.78 is 34.1. The number of halogens is 2. The van der Waals surface area contributed by atoms with Gasteiger partial charge in [0.2, 0.25) is 11.8 Å². The molecule has 1 saturated heterocycles. The van der Waals surface area contributed by atoms with Gasteiger partial charge in [0, 0.05) is 38.6 Å². The maximum Gasteiger partial charge on any atom is 0.408 e. The Labute approximate surface area is 276 Å². The zero-order chi connectivity index (χ0) is 35.1. The van der Waals surface area contributed by atoms with E-state index in [0.29, 0.717) is 62.8 Å². The quantitative estimate of drug-likeness (QED) is 0.331. The first kappa shape index (κ1) is 37.7. The van der Waals surface area contributed by atoms with Crippen molar-refractivity contribution >= 4 is 29.6 Å². The van der Waals surface area contributed by atoms with Crippen molar-refractivity contribution < 1.29 is 37.5 Å². The Hall–Kier alpha value is -3.78. The van der Waals surface area contributed by atoms with E-state index in [-0.39, 0.29) is 23.6 Å². The molecule has 3 rings (SSSR count). The van der Waals surface area contributed by atoms with Crippen molar-refractivity contribution in [3.8, 4) is 0 Å². The van der Waals surface area contributed by atoms with Crippen LogP contribution in [0.3, 0.4) is 0 Å². The van der Waals surface area contributed by atoms with E-state index in [0.717, 1.165) is 5.06 Å². The molecule has 1 heterocycles. The first-order valence-corrected chi connectivity index (χ1v) is 16.0. The summed E-state index contributed by atoms with van der Waals surface area (Å²) in [5, 5.41) is 8.92. The number of ether oxygens (including phenoxy) is 1. The lowest BCUT2D eigenvalue weighted by Crippen LogP contribution is -2.59. The number of anilines is 1. The summed E-state index contributed by atoms with van der Waals surface area (Å²) in [5.74, 6) is -2.69. The fourth-order valence-electron chi connectivity index (χ4n) is 5.76. The number of benzene rings is 1.